The molecule has 3 aromatic rings. The summed E-state index contributed by atoms with van der Waals surface area (Å²) in [6.07, 6.45) is 0. The van der Waals surface area contributed by atoms with E-state index in [-0.39, 0.29) is 6.61 Å². The van der Waals surface area contributed by atoms with Gasteiger partial charge in [0.15, 0.2) is 5.01 Å². The zero-order valence-corrected chi connectivity index (χ0v) is 15.3. The summed E-state index contributed by atoms with van der Waals surface area (Å²) in [5.41, 5.74) is 0.555. The van der Waals surface area contributed by atoms with Crippen molar-refractivity contribution in [1.82, 2.24) is 10.2 Å². The average Bonchev–Trinajstić information content (AvgIpc) is 3.08. The molecule has 0 aliphatic carbocycles. The Kier molecular flexibility index (Phi) is 5.88. The van der Waals surface area contributed by atoms with Crippen LogP contribution in [0.4, 0.5) is 15.6 Å². The molecule has 0 aliphatic rings. The van der Waals surface area contributed by atoms with Crippen molar-refractivity contribution in [3.8, 4) is 11.5 Å². The summed E-state index contributed by atoms with van der Waals surface area (Å²) >= 11 is 7.25. The van der Waals surface area contributed by atoms with Crippen molar-refractivity contribution in [2.24, 2.45) is 0 Å². The van der Waals surface area contributed by atoms with Crippen LogP contribution in [0.1, 0.15) is 5.01 Å². The molecule has 134 valence electrons. The van der Waals surface area contributed by atoms with Crippen LogP contribution in [0.25, 0.3) is 0 Å². The third kappa shape index (κ3) is 4.62. The van der Waals surface area contributed by atoms with Crippen LogP contribution in [0.2, 0.25) is 5.02 Å². The smallest absolute Gasteiger partial charge is 0.325 e. The van der Waals surface area contributed by atoms with Crippen molar-refractivity contribution in [1.29, 1.82) is 0 Å². The fraction of sp³-hybridized carbons (Fsp3) is 0.118. The summed E-state index contributed by atoms with van der Waals surface area (Å²) in [7, 11) is 1.54. The first-order valence-electron chi connectivity index (χ1n) is 7.56. The minimum Gasteiger partial charge on any atom is -0.495 e. The number of para-hydroxylation sites is 3. The molecule has 2 N–H and O–H groups in total. The summed E-state index contributed by atoms with van der Waals surface area (Å²) in [6, 6.07) is 13.8. The Bertz CT molecular complexity index is 903. The van der Waals surface area contributed by atoms with E-state index in [9.17, 15) is 4.79 Å². The van der Waals surface area contributed by atoms with Gasteiger partial charge in [-0.05, 0) is 24.3 Å². The van der Waals surface area contributed by atoms with E-state index in [0.29, 0.717) is 32.3 Å². The van der Waals surface area contributed by atoms with Gasteiger partial charge in [0.1, 0.15) is 18.1 Å². The van der Waals surface area contributed by atoms with Gasteiger partial charge in [-0.3, -0.25) is 5.32 Å². The first kappa shape index (κ1) is 18.0. The van der Waals surface area contributed by atoms with Gasteiger partial charge in [0.2, 0.25) is 5.13 Å². The first-order chi connectivity index (χ1) is 12.7. The number of urea groups is 1. The van der Waals surface area contributed by atoms with E-state index >= 15 is 0 Å². The molecule has 0 radical (unpaired) electrons. The van der Waals surface area contributed by atoms with E-state index in [1.165, 1.54) is 18.4 Å². The number of anilines is 2. The minimum atomic E-state index is -0.441. The number of rotatable bonds is 6. The third-order valence-corrected chi connectivity index (χ3v) is 4.35. The number of amides is 2. The molecule has 26 heavy (non-hydrogen) atoms. The van der Waals surface area contributed by atoms with Gasteiger partial charge in [-0.15, -0.1) is 10.2 Å². The molecule has 1 heterocycles. The van der Waals surface area contributed by atoms with Crippen molar-refractivity contribution >= 4 is 39.8 Å². The van der Waals surface area contributed by atoms with Gasteiger partial charge < -0.3 is 14.8 Å². The Morgan fingerprint density at radius 1 is 1.08 bits per heavy atom. The Hall–Kier alpha value is -2.84. The van der Waals surface area contributed by atoms with E-state index in [0.717, 1.165) is 0 Å². The quantitative estimate of drug-likeness (QED) is 0.650. The SMILES string of the molecule is COc1ccccc1NC(=O)Nc1nnc(COc2ccccc2Cl)s1. The Morgan fingerprint density at radius 3 is 2.58 bits per heavy atom. The summed E-state index contributed by atoms with van der Waals surface area (Å²) in [5.74, 6) is 1.13. The van der Waals surface area contributed by atoms with Gasteiger partial charge in [-0.2, -0.15) is 0 Å². The molecule has 0 saturated carbocycles. The van der Waals surface area contributed by atoms with Crippen molar-refractivity contribution in [2.75, 3.05) is 17.7 Å². The number of halogens is 1. The first-order valence-corrected chi connectivity index (χ1v) is 8.76. The molecule has 3 rings (SSSR count). The molecule has 0 unspecified atom stereocenters. The third-order valence-electron chi connectivity index (χ3n) is 3.23. The molecule has 0 fully saturated rings. The zero-order valence-electron chi connectivity index (χ0n) is 13.7. The number of carbonyl (C=O) groups excluding carboxylic acids is 1. The van der Waals surface area contributed by atoms with Crippen LogP contribution < -0.4 is 20.1 Å². The lowest BCUT2D eigenvalue weighted by molar-refractivity contribution is 0.262. The Morgan fingerprint density at radius 2 is 1.81 bits per heavy atom. The van der Waals surface area contributed by atoms with Crippen LogP contribution >= 0.6 is 22.9 Å². The maximum Gasteiger partial charge on any atom is 0.325 e. The van der Waals surface area contributed by atoms with E-state index in [4.69, 9.17) is 21.1 Å². The van der Waals surface area contributed by atoms with Crippen LogP contribution in [-0.4, -0.2) is 23.3 Å². The molecule has 0 atom stereocenters. The van der Waals surface area contributed by atoms with E-state index in [1.54, 1.807) is 30.3 Å². The number of ether oxygens (including phenoxy) is 2. The van der Waals surface area contributed by atoms with Crippen LogP contribution in [0.5, 0.6) is 11.5 Å². The highest BCUT2D eigenvalue weighted by Gasteiger charge is 2.11. The lowest BCUT2D eigenvalue weighted by atomic mass is 10.3. The molecular formula is C17H15ClN4O3S. The normalized spacial score (nSPS) is 10.2. The average molecular weight is 391 g/mol. The van der Waals surface area contributed by atoms with Gasteiger partial charge in [-0.25, -0.2) is 4.79 Å². The van der Waals surface area contributed by atoms with Crippen molar-refractivity contribution in [3.63, 3.8) is 0 Å². The molecule has 0 bridgehead atoms. The van der Waals surface area contributed by atoms with E-state index < -0.39 is 6.03 Å². The fourth-order valence-electron chi connectivity index (χ4n) is 2.06. The van der Waals surface area contributed by atoms with Gasteiger partial charge in [0, 0.05) is 0 Å². The fourth-order valence-corrected chi connectivity index (χ4v) is 2.90. The lowest BCUT2D eigenvalue weighted by Crippen LogP contribution is -2.19. The predicted molar refractivity (Wildman–Crippen MR) is 101 cm³/mol. The van der Waals surface area contributed by atoms with Crippen molar-refractivity contribution in [2.45, 2.75) is 6.61 Å². The van der Waals surface area contributed by atoms with Crippen LogP contribution in [0.15, 0.2) is 48.5 Å². The van der Waals surface area contributed by atoms with Crippen molar-refractivity contribution < 1.29 is 14.3 Å². The van der Waals surface area contributed by atoms with Crippen LogP contribution in [-0.2, 0) is 6.61 Å². The molecule has 2 amide bonds. The maximum atomic E-state index is 12.1. The highest BCUT2D eigenvalue weighted by atomic mass is 35.5. The molecule has 1 aromatic heterocycles. The monoisotopic (exact) mass is 390 g/mol. The summed E-state index contributed by atoms with van der Waals surface area (Å²) in [5, 5.41) is 14.7. The Balaban J connectivity index is 1.56. The van der Waals surface area contributed by atoms with Gasteiger partial charge in [0.05, 0.1) is 17.8 Å². The van der Waals surface area contributed by atoms with Crippen LogP contribution in [0.3, 0.4) is 0 Å². The number of benzene rings is 2. The molecule has 9 heteroatoms. The molecule has 0 saturated heterocycles. The molecule has 0 aliphatic heterocycles. The molecule has 0 spiro atoms. The summed E-state index contributed by atoms with van der Waals surface area (Å²) < 4.78 is 10.8. The second-order valence-electron chi connectivity index (χ2n) is 5.00. The molecule has 2 aromatic carbocycles. The molecule has 7 nitrogen and oxygen atoms in total. The van der Waals surface area contributed by atoms with E-state index in [2.05, 4.69) is 20.8 Å². The standard InChI is InChI=1S/C17H15ClN4O3S/c1-24-14-9-5-3-7-12(14)19-16(23)20-17-22-21-15(26-17)10-25-13-8-4-2-6-11(13)18/h2-9H,10H2,1H3,(H2,19,20,22,23). The second-order valence-corrected chi connectivity index (χ2v) is 6.47. The van der Waals surface area contributed by atoms with Gasteiger partial charge >= 0.3 is 6.03 Å². The summed E-state index contributed by atoms with van der Waals surface area (Å²) in [4.78, 5) is 12.1. The predicted octanol–water partition coefficient (Wildman–Crippen LogP) is 4.42. The molecular weight excluding hydrogens is 376 g/mol. The highest BCUT2D eigenvalue weighted by Crippen LogP contribution is 2.26. The number of nitrogens with one attached hydrogen (secondary N) is 2. The zero-order chi connectivity index (χ0) is 18.4. The number of hydrogen-bond acceptors (Lipinski definition) is 6. The second kappa shape index (κ2) is 8.50. The highest BCUT2D eigenvalue weighted by molar-refractivity contribution is 7.15. The largest absolute Gasteiger partial charge is 0.495 e. The van der Waals surface area contributed by atoms with Crippen molar-refractivity contribution in [3.05, 3.63) is 58.6 Å². The summed E-state index contributed by atoms with van der Waals surface area (Å²) in [6.45, 7) is 0.206. The lowest BCUT2D eigenvalue weighted by Gasteiger charge is -2.09. The number of hydrogen-bond donors (Lipinski definition) is 2. The minimum absolute atomic E-state index is 0.206. The van der Waals surface area contributed by atoms with Crippen LogP contribution in [0, 0.1) is 0 Å². The Labute approximate surface area is 158 Å². The van der Waals surface area contributed by atoms with Gasteiger partial charge in [0.25, 0.3) is 0 Å². The number of nitrogens with zero attached hydrogens (tertiary/aromatic N) is 2. The van der Waals surface area contributed by atoms with E-state index in [1.807, 2.05) is 18.2 Å². The number of carbonyl (C=O) groups is 1. The maximum absolute atomic E-state index is 12.1. The van der Waals surface area contributed by atoms with Gasteiger partial charge in [-0.1, -0.05) is 47.2 Å². The number of methoxy groups -OCH3 is 1. The topological polar surface area (TPSA) is 85.4 Å². The number of aromatic nitrogens is 2.